The number of hydrogen-bond donors (Lipinski definition) is 1. The number of fused-ring (bicyclic) bond motifs is 1. The quantitative estimate of drug-likeness (QED) is 0.818. The fourth-order valence-electron chi connectivity index (χ4n) is 3.49. The number of amides is 1. The Kier molecular flexibility index (Phi) is 5.97. The number of nitrogens with one attached hydrogen (secondary N) is 1. The van der Waals surface area contributed by atoms with E-state index in [0.717, 1.165) is 37.1 Å². The van der Waals surface area contributed by atoms with Gasteiger partial charge in [-0.25, -0.2) is 0 Å². The van der Waals surface area contributed by atoms with E-state index in [-0.39, 0.29) is 22.6 Å². The molecule has 5 nitrogen and oxygen atoms in total. The van der Waals surface area contributed by atoms with Crippen LogP contribution in [0.2, 0.25) is 0 Å². The normalized spacial score (nSPS) is 20.7. The van der Waals surface area contributed by atoms with Gasteiger partial charge in [0.2, 0.25) is 5.91 Å². The molecule has 2 heterocycles. The van der Waals surface area contributed by atoms with E-state index in [9.17, 15) is 9.35 Å². The largest absolute Gasteiger partial charge is 0.598 e. The van der Waals surface area contributed by atoms with E-state index in [2.05, 4.69) is 10.8 Å². The first-order chi connectivity index (χ1) is 12.3. The van der Waals surface area contributed by atoms with Crippen LogP contribution in [-0.4, -0.2) is 35.0 Å². The number of hydrogen-bond acceptors (Lipinski definition) is 4. The van der Waals surface area contributed by atoms with Gasteiger partial charge in [0.05, 0.1) is 6.04 Å². The van der Waals surface area contributed by atoms with E-state index in [1.165, 1.54) is 5.56 Å². The van der Waals surface area contributed by atoms with Gasteiger partial charge in [-0.15, -0.1) is 4.72 Å². The molecule has 6 heteroatoms. The van der Waals surface area contributed by atoms with Gasteiger partial charge in [0.25, 0.3) is 0 Å². The highest BCUT2D eigenvalue weighted by Gasteiger charge is 2.32. The Morgan fingerprint density at radius 1 is 1.35 bits per heavy atom. The molecule has 0 spiro atoms. The fourth-order valence-corrected chi connectivity index (χ4v) is 4.30. The van der Waals surface area contributed by atoms with E-state index in [4.69, 9.17) is 4.74 Å². The predicted molar refractivity (Wildman–Crippen MR) is 105 cm³/mol. The molecule has 2 aliphatic heterocycles. The lowest BCUT2D eigenvalue weighted by Gasteiger charge is -2.27. The van der Waals surface area contributed by atoms with Crippen molar-refractivity contribution in [2.24, 2.45) is 5.92 Å². The summed E-state index contributed by atoms with van der Waals surface area (Å²) in [6, 6.07) is 6.25. The van der Waals surface area contributed by atoms with Crippen molar-refractivity contribution in [1.82, 2.24) is 4.72 Å². The third-order valence-electron chi connectivity index (χ3n) is 5.18. The van der Waals surface area contributed by atoms with Gasteiger partial charge in [-0.2, -0.15) is 0 Å². The second kappa shape index (κ2) is 7.89. The van der Waals surface area contributed by atoms with Crippen molar-refractivity contribution in [2.45, 2.75) is 57.7 Å². The van der Waals surface area contributed by atoms with Crippen LogP contribution in [0, 0.1) is 5.92 Å². The highest BCUT2D eigenvalue weighted by Crippen LogP contribution is 2.33. The van der Waals surface area contributed by atoms with Gasteiger partial charge in [0, 0.05) is 42.7 Å². The minimum atomic E-state index is -1.11. The molecular formula is C20H30N2O3S. The van der Waals surface area contributed by atoms with E-state index >= 15 is 0 Å². The summed E-state index contributed by atoms with van der Waals surface area (Å²) in [4.78, 5) is 14.8. The molecule has 0 radical (unpaired) electrons. The van der Waals surface area contributed by atoms with Gasteiger partial charge >= 0.3 is 0 Å². The molecule has 144 valence electrons. The summed E-state index contributed by atoms with van der Waals surface area (Å²) in [6.45, 7) is 10.0. The monoisotopic (exact) mass is 378 g/mol. The Morgan fingerprint density at radius 3 is 2.69 bits per heavy atom. The van der Waals surface area contributed by atoms with Gasteiger partial charge < -0.3 is 14.2 Å². The molecule has 1 aromatic carbocycles. The summed E-state index contributed by atoms with van der Waals surface area (Å²) in [5, 5.41) is 0. The van der Waals surface area contributed by atoms with Gasteiger partial charge in [-0.05, 0) is 64.2 Å². The van der Waals surface area contributed by atoms with Crippen molar-refractivity contribution >= 4 is 23.0 Å². The lowest BCUT2D eigenvalue weighted by Crippen LogP contribution is -2.40. The van der Waals surface area contributed by atoms with Gasteiger partial charge in [0.15, 0.2) is 0 Å². The Balaban J connectivity index is 1.70. The maximum atomic E-state index is 12.9. The van der Waals surface area contributed by atoms with Crippen LogP contribution in [0.25, 0.3) is 0 Å². The second-order valence-electron chi connectivity index (χ2n) is 8.24. The van der Waals surface area contributed by atoms with Crippen LogP contribution >= 0.6 is 0 Å². The molecule has 1 N–H and O–H groups in total. The van der Waals surface area contributed by atoms with E-state index in [0.29, 0.717) is 13.2 Å². The molecular weight excluding hydrogens is 348 g/mol. The molecule has 2 aliphatic rings. The number of carbonyl (C=O) groups excluding carboxylic acids is 1. The zero-order valence-electron chi connectivity index (χ0n) is 16.2. The van der Waals surface area contributed by atoms with Crippen LogP contribution in [0.4, 0.5) is 5.69 Å². The molecule has 0 saturated carbocycles. The number of benzene rings is 1. The van der Waals surface area contributed by atoms with Crippen LogP contribution in [-0.2, 0) is 27.3 Å². The summed E-state index contributed by atoms with van der Waals surface area (Å²) in [6.07, 6.45) is 2.53. The molecule has 0 bridgehead atoms. The van der Waals surface area contributed by atoms with Crippen LogP contribution in [0.3, 0.4) is 0 Å². The average molecular weight is 379 g/mol. The Bertz CT molecular complexity index is 653. The van der Waals surface area contributed by atoms with E-state index in [1.54, 1.807) is 0 Å². The molecule has 0 aliphatic carbocycles. The summed E-state index contributed by atoms with van der Waals surface area (Å²) >= 11 is -1.11. The van der Waals surface area contributed by atoms with Crippen LogP contribution in [0.15, 0.2) is 18.2 Å². The van der Waals surface area contributed by atoms with E-state index < -0.39 is 11.4 Å². The highest BCUT2D eigenvalue weighted by molar-refractivity contribution is 7.90. The summed E-state index contributed by atoms with van der Waals surface area (Å²) in [5.74, 6) is 0.323. The van der Waals surface area contributed by atoms with E-state index in [1.807, 2.05) is 44.7 Å². The predicted octanol–water partition coefficient (Wildman–Crippen LogP) is 3.12. The highest BCUT2D eigenvalue weighted by atomic mass is 32.2. The standard InChI is InChI=1S/C20H30N2O3S/c1-14(21-26(24)20(2,3)4)16-5-6-18-17(13-16)7-10-22(18)19(23)15-8-11-25-12-9-15/h5-6,13-15,21H,7-12H2,1-4H3. The van der Waals surface area contributed by atoms with Crippen molar-refractivity contribution in [2.75, 3.05) is 24.7 Å². The number of ether oxygens (including phenoxy) is 1. The van der Waals surface area contributed by atoms with Crippen molar-refractivity contribution in [3.8, 4) is 0 Å². The summed E-state index contributed by atoms with van der Waals surface area (Å²) in [7, 11) is 0. The number of carbonyl (C=O) groups is 1. The average Bonchev–Trinajstić information content (AvgIpc) is 3.04. The molecule has 1 saturated heterocycles. The Morgan fingerprint density at radius 2 is 2.04 bits per heavy atom. The number of anilines is 1. The minimum Gasteiger partial charge on any atom is -0.598 e. The van der Waals surface area contributed by atoms with Gasteiger partial charge in [0.1, 0.15) is 4.75 Å². The van der Waals surface area contributed by atoms with Crippen LogP contribution < -0.4 is 9.62 Å². The lowest BCUT2D eigenvalue weighted by molar-refractivity contribution is -0.125. The van der Waals surface area contributed by atoms with Crippen LogP contribution in [0.5, 0.6) is 0 Å². The molecule has 3 rings (SSSR count). The Hall–Kier alpha value is -1.08. The minimum absolute atomic E-state index is 0.000558. The fraction of sp³-hybridized carbons (Fsp3) is 0.650. The summed E-state index contributed by atoms with van der Waals surface area (Å²) < 4.78 is 20.6. The number of rotatable bonds is 4. The number of nitrogens with zero attached hydrogens (tertiary/aromatic N) is 1. The molecule has 2 unspecified atom stereocenters. The third-order valence-corrected chi connectivity index (χ3v) is 6.86. The molecule has 1 amide bonds. The molecule has 0 aromatic heterocycles. The second-order valence-corrected chi connectivity index (χ2v) is 10.2. The lowest BCUT2D eigenvalue weighted by atomic mass is 9.98. The van der Waals surface area contributed by atoms with Crippen molar-refractivity contribution in [3.05, 3.63) is 29.3 Å². The first-order valence-corrected chi connectivity index (χ1v) is 10.6. The SMILES string of the molecule is CC(N[S+]([O-])C(C)(C)C)c1ccc2c(c1)CCN2C(=O)C1CCOCC1. The molecule has 1 aromatic rings. The zero-order chi connectivity index (χ0) is 18.9. The maximum Gasteiger partial charge on any atom is 0.230 e. The van der Waals surface area contributed by atoms with Gasteiger partial charge in [-0.1, -0.05) is 12.1 Å². The topological polar surface area (TPSA) is 64.6 Å². The molecule has 2 atom stereocenters. The van der Waals surface area contributed by atoms with Crippen LogP contribution in [0.1, 0.15) is 57.7 Å². The summed E-state index contributed by atoms with van der Waals surface area (Å²) in [5.41, 5.74) is 3.36. The molecule has 26 heavy (non-hydrogen) atoms. The third kappa shape index (κ3) is 4.25. The maximum absolute atomic E-state index is 12.9. The smallest absolute Gasteiger partial charge is 0.230 e. The first-order valence-electron chi connectivity index (χ1n) is 9.47. The van der Waals surface area contributed by atoms with Crippen molar-refractivity contribution in [3.63, 3.8) is 0 Å². The Labute approximate surface area is 159 Å². The van der Waals surface area contributed by atoms with Crippen molar-refractivity contribution in [1.29, 1.82) is 0 Å². The molecule has 1 fully saturated rings. The first kappa shape index (κ1) is 19.7. The van der Waals surface area contributed by atoms with Gasteiger partial charge in [-0.3, -0.25) is 4.79 Å². The van der Waals surface area contributed by atoms with Crippen molar-refractivity contribution < 1.29 is 14.1 Å². The zero-order valence-corrected chi connectivity index (χ0v) is 17.0.